The van der Waals surface area contributed by atoms with Gasteiger partial charge in [-0.05, 0) is 43.2 Å². The number of anilines is 1. The van der Waals surface area contributed by atoms with Crippen molar-refractivity contribution in [2.45, 2.75) is 50.0 Å². The molecule has 1 saturated heterocycles. The van der Waals surface area contributed by atoms with Crippen molar-refractivity contribution in [3.05, 3.63) is 24.3 Å². The average Bonchev–Trinajstić information content (AvgIpc) is 3.10. The van der Waals surface area contributed by atoms with Crippen LogP contribution in [0.2, 0.25) is 0 Å². The minimum Gasteiger partial charge on any atom is -0.455 e. The molecule has 0 unspecified atom stereocenters. The molecule has 6 nitrogen and oxygen atoms in total. The van der Waals surface area contributed by atoms with Crippen molar-refractivity contribution in [3.63, 3.8) is 0 Å². The van der Waals surface area contributed by atoms with Gasteiger partial charge in [-0.1, -0.05) is 25.8 Å². The summed E-state index contributed by atoms with van der Waals surface area (Å²) in [6.07, 6.45) is 6.50. The Hall–Kier alpha value is -2.02. The summed E-state index contributed by atoms with van der Waals surface area (Å²) in [5.74, 6) is -0.927. The minimum atomic E-state index is -0.535. The summed E-state index contributed by atoms with van der Waals surface area (Å²) < 4.78 is 5.21. The van der Waals surface area contributed by atoms with Crippen molar-refractivity contribution in [2.24, 2.45) is 11.8 Å². The largest absolute Gasteiger partial charge is 0.455 e. The smallest absolute Gasteiger partial charge is 0.311 e. The van der Waals surface area contributed by atoms with Crippen LogP contribution in [0.3, 0.4) is 0 Å². The van der Waals surface area contributed by atoms with Crippen molar-refractivity contribution in [1.29, 1.82) is 0 Å². The van der Waals surface area contributed by atoms with Gasteiger partial charge in [0.15, 0.2) is 6.61 Å². The maximum absolute atomic E-state index is 12.4. The Kier molecular flexibility index (Phi) is 6.99. The third-order valence-corrected chi connectivity index (χ3v) is 6.35. The molecule has 2 fully saturated rings. The minimum absolute atomic E-state index is 0.0966. The van der Waals surface area contributed by atoms with E-state index in [1.165, 1.54) is 6.42 Å². The van der Waals surface area contributed by atoms with Crippen LogP contribution in [0.15, 0.2) is 29.2 Å². The van der Waals surface area contributed by atoms with Gasteiger partial charge in [-0.3, -0.25) is 14.4 Å². The van der Waals surface area contributed by atoms with E-state index >= 15 is 0 Å². The molecule has 3 rings (SSSR count). The van der Waals surface area contributed by atoms with E-state index < -0.39 is 11.9 Å². The molecule has 1 aromatic rings. The lowest BCUT2D eigenvalue weighted by Gasteiger charge is -2.29. The van der Waals surface area contributed by atoms with Crippen LogP contribution in [0.1, 0.15) is 39.0 Å². The Morgan fingerprint density at radius 1 is 1.29 bits per heavy atom. The van der Waals surface area contributed by atoms with Crippen molar-refractivity contribution in [1.82, 2.24) is 5.32 Å². The first-order chi connectivity index (χ1) is 13.5. The summed E-state index contributed by atoms with van der Waals surface area (Å²) in [6, 6.07) is 7.84. The van der Waals surface area contributed by atoms with E-state index in [9.17, 15) is 14.4 Å². The number of thioether (sulfide) groups is 1. The first-order valence-corrected chi connectivity index (χ1v) is 11.1. The van der Waals surface area contributed by atoms with Gasteiger partial charge in [-0.2, -0.15) is 0 Å². The lowest BCUT2D eigenvalue weighted by Crippen LogP contribution is -2.43. The van der Waals surface area contributed by atoms with E-state index in [4.69, 9.17) is 4.74 Å². The van der Waals surface area contributed by atoms with Crippen LogP contribution in [0, 0.1) is 11.8 Å². The fourth-order valence-corrected chi connectivity index (χ4v) is 4.38. The van der Waals surface area contributed by atoms with Crippen molar-refractivity contribution in [2.75, 3.05) is 24.3 Å². The third kappa shape index (κ3) is 5.07. The van der Waals surface area contributed by atoms with Crippen LogP contribution in [-0.4, -0.2) is 43.2 Å². The number of benzene rings is 1. The van der Waals surface area contributed by atoms with E-state index in [1.54, 1.807) is 16.7 Å². The van der Waals surface area contributed by atoms with Gasteiger partial charge < -0.3 is 15.0 Å². The quantitative estimate of drug-likeness (QED) is 0.583. The number of hydrogen-bond acceptors (Lipinski definition) is 5. The molecule has 1 aliphatic heterocycles. The van der Waals surface area contributed by atoms with Crippen LogP contribution in [0.25, 0.3) is 0 Å². The van der Waals surface area contributed by atoms with Gasteiger partial charge in [0.2, 0.25) is 5.91 Å². The van der Waals surface area contributed by atoms with Gasteiger partial charge in [0.25, 0.3) is 5.91 Å². The zero-order chi connectivity index (χ0) is 20.1. The zero-order valence-electron chi connectivity index (χ0n) is 16.5. The molecule has 1 heterocycles. The molecule has 0 spiro atoms. The highest BCUT2D eigenvalue weighted by Crippen LogP contribution is 2.29. The molecule has 0 radical (unpaired) electrons. The number of hydrogen-bond donors (Lipinski definition) is 1. The number of nitrogens with one attached hydrogen (secondary N) is 1. The highest BCUT2D eigenvalue weighted by molar-refractivity contribution is 7.98. The van der Waals surface area contributed by atoms with Crippen molar-refractivity contribution < 1.29 is 19.1 Å². The van der Waals surface area contributed by atoms with Crippen LogP contribution < -0.4 is 10.2 Å². The molecule has 1 saturated carbocycles. The lowest BCUT2D eigenvalue weighted by atomic mass is 9.86. The normalized spacial score (nSPS) is 24.9. The lowest BCUT2D eigenvalue weighted by molar-refractivity contribution is -0.152. The fraction of sp³-hybridized carbons (Fsp3) is 0.571. The molecular formula is C21H28N2O4S. The second-order valence-corrected chi connectivity index (χ2v) is 8.53. The number of amides is 2. The van der Waals surface area contributed by atoms with Gasteiger partial charge in [-0.25, -0.2) is 0 Å². The number of nitrogens with zero attached hydrogens (tertiary/aromatic N) is 1. The second kappa shape index (κ2) is 9.45. The Morgan fingerprint density at radius 2 is 2.07 bits per heavy atom. The number of carbonyl (C=O) groups is 3. The maximum Gasteiger partial charge on any atom is 0.311 e. The molecule has 7 heteroatoms. The molecule has 2 amide bonds. The van der Waals surface area contributed by atoms with Gasteiger partial charge in [0.05, 0.1) is 5.92 Å². The highest BCUT2D eigenvalue weighted by Gasteiger charge is 2.36. The number of ether oxygens (including phenoxy) is 1. The monoisotopic (exact) mass is 404 g/mol. The third-order valence-electron chi connectivity index (χ3n) is 5.63. The average molecular weight is 405 g/mol. The molecule has 2 aliphatic rings. The van der Waals surface area contributed by atoms with Crippen molar-refractivity contribution in [3.8, 4) is 0 Å². The van der Waals surface area contributed by atoms with Crippen LogP contribution in [0.5, 0.6) is 0 Å². The standard InChI is InChI=1S/C21H28N2O4S/c1-14-6-3-4-9-18(14)22-19(24)13-27-21(26)15-10-20(25)23(12-15)16-7-5-8-17(11-16)28-2/h5,7-8,11,14-15,18H,3-4,6,9-10,12-13H2,1-2H3,(H,22,24)/t14-,15-,18-/m1/s1. The van der Waals surface area contributed by atoms with E-state index in [1.807, 2.05) is 30.5 Å². The van der Waals surface area contributed by atoms with Crippen LogP contribution >= 0.6 is 11.8 Å². The molecule has 0 aromatic heterocycles. The van der Waals surface area contributed by atoms with Gasteiger partial charge >= 0.3 is 5.97 Å². The maximum atomic E-state index is 12.4. The van der Waals surface area contributed by atoms with E-state index in [2.05, 4.69) is 12.2 Å². The highest BCUT2D eigenvalue weighted by atomic mass is 32.2. The van der Waals surface area contributed by atoms with E-state index in [0.29, 0.717) is 5.92 Å². The molecule has 0 bridgehead atoms. The summed E-state index contributed by atoms with van der Waals surface area (Å²) >= 11 is 1.60. The number of esters is 1. The number of rotatable bonds is 6. The summed E-state index contributed by atoms with van der Waals surface area (Å²) in [5.41, 5.74) is 0.788. The summed E-state index contributed by atoms with van der Waals surface area (Å²) in [4.78, 5) is 39.5. The predicted octanol–water partition coefficient (Wildman–Crippen LogP) is 3.00. The molecular weight excluding hydrogens is 376 g/mol. The van der Waals surface area contributed by atoms with Crippen molar-refractivity contribution >= 4 is 35.2 Å². The summed E-state index contributed by atoms with van der Waals surface area (Å²) in [5, 5.41) is 2.97. The van der Waals surface area contributed by atoms with E-state index in [0.717, 1.165) is 29.8 Å². The molecule has 152 valence electrons. The molecule has 1 aliphatic carbocycles. The Morgan fingerprint density at radius 3 is 2.82 bits per heavy atom. The first kappa shape index (κ1) is 20.7. The van der Waals surface area contributed by atoms with Crippen LogP contribution in [0.4, 0.5) is 5.69 Å². The molecule has 3 atom stereocenters. The molecule has 1 N–H and O–H groups in total. The zero-order valence-corrected chi connectivity index (χ0v) is 17.3. The van der Waals surface area contributed by atoms with Gasteiger partial charge in [0, 0.05) is 29.6 Å². The fourth-order valence-electron chi connectivity index (χ4n) is 3.93. The predicted molar refractivity (Wildman–Crippen MR) is 109 cm³/mol. The first-order valence-electron chi connectivity index (χ1n) is 9.88. The second-order valence-electron chi connectivity index (χ2n) is 7.65. The van der Waals surface area contributed by atoms with E-state index in [-0.39, 0.29) is 37.4 Å². The molecule has 1 aromatic carbocycles. The number of carbonyl (C=O) groups excluding carboxylic acids is 3. The summed E-state index contributed by atoms with van der Waals surface area (Å²) in [6.45, 7) is 2.15. The SMILES string of the molecule is CSc1cccc(N2C[C@H](C(=O)OCC(=O)N[C@@H]3CCCC[C@H]3C)CC2=O)c1. The summed E-state index contributed by atoms with van der Waals surface area (Å²) in [7, 11) is 0. The topological polar surface area (TPSA) is 75.7 Å². The van der Waals surface area contributed by atoms with Crippen LogP contribution in [-0.2, 0) is 19.1 Å². The Bertz CT molecular complexity index is 739. The van der Waals surface area contributed by atoms with Gasteiger partial charge in [0.1, 0.15) is 0 Å². The Balaban J connectivity index is 1.49. The molecule has 28 heavy (non-hydrogen) atoms. The Labute approximate surface area is 170 Å². The van der Waals surface area contributed by atoms with Gasteiger partial charge in [-0.15, -0.1) is 11.8 Å².